The van der Waals surface area contributed by atoms with Crippen LogP contribution in [0.15, 0.2) is 35.9 Å². The van der Waals surface area contributed by atoms with Crippen LogP contribution in [0.5, 0.6) is 5.75 Å². The predicted molar refractivity (Wildman–Crippen MR) is 115 cm³/mol. The minimum absolute atomic E-state index is 0.0308. The summed E-state index contributed by atoms with van der Waals surface area (Å²) in [6.07, 6.45) is 0.654. The van der Waals surface area contributed by atoms with E-state index in [2.05, 4.69) is 31.8 Å². The quantitative estimate of drug-likeness (QED) is 0.733. The monoisotopic (exact) mass is 397 g/mol. The second-order valence-electron chi connectivity index (χ2n) is 8.88. The van der Waals surface area contributed by atoms with Crippen molar-refractivity contribution in [2.75, 3.05) is 7.11 Å². The van der Waals surface area contributed by atoms with E-state index in [9.17, 15) is 15.2 Å². The van der Waals surface area contributed by atoms with Gasteiger partial charge < -0.3 is 9.84 Å². The summed E-state index contributed by atoms with van der Waals surface area (Å²) in [5.74, 6) is 6.32. The van der Waals surface area contributed by atoms with Crippen LogP contribution < -0.4 is 4.74 Å². The van der Waals surface area contributed by atoms with Gasteiger partial charge in [0.05, 0.1) is 24.3 Å². The molecule has 0 fully saturated rings. The second kappa shape index (κ2) is 6.59. The molecule has 2 aromatic rings. The smallest absolute Gasteiger partial charge is 0.193 e. The molecular formula is C26H23NO3. The van der Waals surface area contributed by atoms with Crippen molar-refractivity contribution in [3.63, 3.8) is 0 Å². The Hall–Kier alpha value is -3.34. The highest BCUT2D eigenvalue weighted by atomic mass is 16.5. The van der Waals surface area contributed by atoms with Gasteiger partial charge in [-0.05, 0) is 66.8 Å². The summed E-state index contributed by atoms with van der Waals surface area (Å²) >= 11 is 0. The number of carbonyl (C=O) groups excluding carboxylic acids is 1. The molecule has 2 aromatic carbocycles. The highest BCUT2D eigenvalue weighted by Gasteiger charge is 2.43. The van der Waals surface area contributed by atoms with Crippen LogP contribution in [0.2, 0.25) is 0 Å². The highest BCUT2D eigenvalue weighted by Crippen LogP contribution is 2.50. The number of hydrogen-bond acceptors (Lipinski definition) is 4. The number of ether oxygens (including phenoxy) is 1. The van der Waals surface area contributed by atoms with Crippen molar-refractivity contribution in [1.82, 2.24) is 0 Å². The molecule has 0 saturated carbocycles. The van der Waals surface area contributed by atoms with Gasteiger partial charge in [0, 0.05) is 16.6 Å². The number of carbonyl (C=O) groups is 1. The largest absolute Gasteiger partial charge is 0.495 e. The van der Waals surface area contributed by atoms with Crippen LogP contribution in [0.1, 0.15) is 65.9 Å². The van der Waals surface area contributed by atoms with Crippen molar-refractivity contribution in [2.45, 2.75) is 45.1 Å². The van der Waals surface area contributed by atoms with Crippen LogP contribution in [-0.2, 0) is 11.8 Å². The van der Waals surface area contributed by atoms with Crippen LogP contribution in [0.3, 0.4) is 0 Å². The lowest BCUT2D eigenvalue weighted by Crippen LogP contribution is -2.30. The van der Waals surface area contributed by atoms with Gasteiger partial charge in [-0.25, -0.2) is 0 Å². The van der Waals surface area contributed by atoms with Crippen LogP contribution in [0, 0.1) is 23.2 Å². The molecule has 150 valence electrons. The van der Waals surface area contributed by atoms with Crippen molar-refractivity contribution < 1.29 is 14.6 Å². The van der Waals surface area contributed by atoms with Crippen molar-refractivity contribution in [3.8, 4) is 23.7 Å². The Bertz CT molecular complexity index is 1240. The van der Waals surface area contributed by atoms with E-state index in [4.69, 9.17) is 4.74 Å². The number of benzene rings is 2. The van der Waals surface area contributed by atoms with E-state index in [-0.39, 0.29) is 11.2 Å². The maximum atomic E-state index is 13.6. The van der Waals surface area contributed by atoms with Gasteiger partial charge in [0.1, 0.15) is 11.4 Å². The predicted octanol–water partition coefficient (Wildman–Crippen LogP) is 4.17. The van der Waals surface area contributed by atoms with Crippen molar-refractivity contribution >= 4 is 11.4 Å². The average Bonchev–Trinajstić information content (AvgIpc) is 3.09. The van der Waals surface area contributed by atoms with E-state index in [0.29, 0.717) is 28.9 Å². The number of methoxy groups -OCH3 is 1. The van der Waals surface area contributed by atoms with E-state index in [1.807, 2.05) is 18.2 Å². The molecule has 0 spiro atoms. The molecule has 0 saturated heterocycles. The third kappa shape index (κ3) is 3.02. The summed E-state index contributed by atoms with van der Waals surface area (Å²) in [4.78, 5) is 13.6. The molecule has 0 aromatic heterocycles. The summed E-state index contributed by atoms with van der Waals surface area (Å²) in [7, 11) is 1.58. The Balaban J connectivity index is 1.92. The summed E-state index contributed by atoms with van der Waals surface area (Å²) in [5, 5.41) is 19.2. The third-order valence-electron chi connectivity index (χ3n) is 5.91. The molecule has 4 nitrogen and oxygen atoms in total. The molecule has 4 rings (SSSR count). The molecule has 0 amide bonds. The Labute approximate surface area is 176 Å². The fourth-order valence-electron chi connectivity index (χ4n) is 4.36. The van der Waals surface area contributed by atoms with Crippen LogP contribution in [0.25, 0.3) is 5.57 Å². The highest BCUT2D eigenvalue weighted by molar-refractivity contribution is 6.33. The Kier molecular flexibility index (Phi) is 4.38. The van der Waals surface area contributed by atoms with Crippen molar-refractivity contribution in [3.05, 3.63) is 69.3 Å². The average molecular weight is 397 g/mol. The Morgan fingerprint density at radius 1 is 1.17 bits per heavy atom. The number of Topliss-reactive ketones (excluding diaryl/α,β-unsaturated/α-hetero) is 1. The minimum Gasteiger partial charge on any atom is -0.495 e. The maximum absolute atomic E-state index is 13.6. The molecule has 2 aliphatic carbocycles. The normalized spacial score (nSPS) is 16.1. The first-order valence-electron chi connectivity index (χ1n) is 9.86. The fourth-order valence-corrected chi connectivity index (χ4v) is 4.36. The zero-order chi connectivity index (χ0) is 21.8. The first kappa shape index (κ1) is 20.0. The van der Waals surface area contributed by atoms with Gasteiger partial charge in [0.2, 0.25) is 0 Å². The Morgan fingerprint density at radius 2 is 1.90 bits per heavy atom. The van der Waals surface area contributed by atoms with Gasteiger partial charge >= 0.3 is 0 Å². The van der Waals surface area contributed by atoms with E-state index < -0.39 is 5.60 Å². The topological polar surface area (TPSA) is 70.3 Å². The second-order valence-corrected chi connectivity index (χ2v) is 8.88. The van der Waals surface area contributed by atoms with Crippen LogP contribution >= 0.6 is 0 Å². The number of rotatable bonds is 1. The number of hydrogen-bond donors (Lipinski definition) is 1. The van der Waals surface area contributed by atoms with Crippen molar-refractivity contribution in [2.24, 2.45) is 0 Å². The SMILES string of the molecule is COc1cc2c(cc1C#CC(C)(C)O)C(=O)C1=C(Cc3cc(C#N)ccc31)C2(C)C. The maximum Gasteiger partial charge on any atom is 0.193 e. The zero-order valence-corrected chi connectivity index (χ0v) is 17.8. The molecule has 0 radical (unpaired) electrons. The Morgan fingerprint density at radius 3 is 2.53 bits per heavy atom. The number of allylic oxidation sites excluding steroid dienone is 2. The van der Waals surface area contributed by atoms with Gasteiger partial charge in [0.25, 0.3) is 0 Å². The first-order chi connectivity index (χ1) is 14.1. The number of nitrogens with zero attached hydrogens (tertiary/aromatic N) is 1. The third-order valence-corrected chi connectivity index (χ3v) is 5.91. The number of aliphatic hydroxyl groups is 1. The summed E-state index contributed by atoms with van der Waals surface area (Å²) in [6, 6.07) is 11.4. The number of ketones is 1. The molecule has 0 unspecified atom stereocenters. The van der Waals surface area contributed by atoms with Gasteiger partial charge in [-0.2, -0.15) is 5.26 Å². The molecule has 1 N–H and O–H groups in total. The van der Waals surface area contributed by atoms with Crippen molar-refractivity contribution in [1.29, 1.82) is 5.26 Å². The zero-order valence-electron chi connectivity index (χ0n) is 17.8. The fraction of sp³-hybridized carbons (Fsp3) is 0.308. The van der Waals surface area contributed by atoms with E-state index >= 15 is 0 Å². The molecule has 0 atom stereocenters. The summed E-state index contributed by atoms with van der Waals surface area (Å²) in [5.41, 5.74) is 4.90. The number of fused-ring (bicyclic) bond motifs is 3. The van der Waals surface area contributed by atoms with Gasteiger partial charge in [-0.1, -0.05) is 31.8 Å². The van der Waals surface area contributed by atoms with Gasteiger partial charge in [-0.3, -0.25) is 4.79 Å². The molecule has 0 bridgehead atoms. The van der Waals surface area contributed by atoms with E-state index in [1.54, 1.807) is 33.1 Å². The van der Waals surface area contributed by atoms with E-state index in [0.717, 1.165) is 27.8 Å². The molecule has 0 heterocycles. The van der Waals surface area contributed by atoms with Crippen LogP contribution in [0.4, 0.5) is 0 Å². The molecule has 4 heteroatoms. The van der Waals surface area contributed by atoms with E-state index in [1.165, 1.54) is 0 Å². The lowest BCUT2D eigenvalue weighted by Gasteiger charge is -2.34. The van der Waals surface area contributed by atoms with Gasteiger partial charge in [0.15, 0.2) is 5.78 Å². The summed E-state index contributed by atoms with van der Waals surface area (Å²) in [6.45, 7) is 7.46. The summed E-state index contributed by atoms with van der Waals surface area (Å²) < 4.78 is 5.56. The molecule has 2 aliphatic rings. The first-order valence-corrected chi connectivity index (χ1v) is 9.86. The van der Waals surface area contributed by atoms with Crippen LogP contribution in [-0.4, -0.2) is 23.6 Å². The molecule has 30 heavy (non-hydrogen) atoms. The lowest BCUT2D eigenvalue weighted by atomic mass is 9.68. The lowest BCUT2D eigenvalue weighted by molar-refractivity contribution is 0.105. The molecular weight excluding hydrogens is 374 g/mol. The molecule has 0 aliphatic heterocycles. The standard InChI is InChI=1S/C26H23NO3/c1-25(2,29)9-8-16-11-19-20(13-22(16)30-5)26(3,4)21-12-17-10-15(14-27)6-7-18(17)23(21)24(19)28/h6-7,10-11,13,29H,12H2,1-5H3. The number of nitriles is 1. The van der Waals surface area contributed by atoms with Gasteiger partial charge in [-0.15, -0.1) is 0 Å². The minimum atomic E-state index is -1.15.